The molecule has 1 saturated carbocycles. The minimum Gasteiger partial charge on any atom is -0.504 e. The molecule has 68 heavy (non-hydrogen) atoms. The summed E-state index contributed by atoms with van der Waals surface area (Å²) >= 11 is 0. The number of phenols is 1. The smallest absolute Gasteiger partial charge is 0.326 e. The number of aromatic hydroxyl groups is 1. The number of Topliss-reactive ketones (excluding diaryl/α,β-unsaturated/α-hetero) is 2. The summed E-state index contributed by atoms with van der Waals surface area (Å²) in [6.07, 6.45) is -1.14. The number of nitrogens with two attached hydrogens (primary N) is 4. The molecule has 364 valence electrons. The van der Waals surface area contributed by atoms with Gasteiger partial charge in [0.15, 0.2) is 28.9 Å². The number of likely N-dealkylation sites (N-methyl/N-ethyl adjacent to an activating group) is 1. The summed E-state index contributed by atoms with van der Waals surface area (Å²) in [4.78, 5) is 80.1. The second-order valence-corrected chi connectivity index (χ2v) is 18.1. The number of carboxylic acid groups (broad SMARTS) is 1. The van der Waals surface area contributed by atoms with Crippen molar-refractivity contribution in [3.63, 3.8) is 0 Å². The Morgan fingerprint density at radius 1 is 0.912 bits per heavy atom. The van der Waals surface area contributed by atoms with Crippen LogP contribution in [0.4, 0.5) is 5.82 Å². The standard InChI is InChI=1S/C49H62N8O11/c1-25-15-38(61)42(57(4)47(64)29(11-14-50)19-37(60)41-26(2)54-45(56-44(41)53)28-6-8-31(9-7-28)49(3)12-13-49)30-18-35(43(62)40(20-30)68-24-33(59)22-52)34-16-27(17-36(48(65)66)55-46(25)63)5-10-39(34)67-23-32(58)21-51/h5-10,16,18,20,25,29,32-33,36,42,58-59,62H,11-15,17,19,21-24,50-52H2,1-4H3,(H,55,63)(H,65,66)(H2,53,54,56)/t25-,29-,32-,33-,36+,42+/m1/s1. The molecule has 0 spiro atoms. The number of ketones is 2. The zero-order valence-corrected chi connectivity index (χ0v) is 38.7. The number of benzene rings is 3. The van der Waals surface area contributed by atoms with Gasteiger partial charge in [-0.25, -0.2) is 14.8 Å². The van der Waals surface area contributed by atoms with Crippen molar-refractivity contribution in [3.05, 3.63) is 82.5 Å². The molecule has 4 aromatic rings. The van der Waals surface area contributed by atoms with Gasteiger partial charge >= 0.3 is 5.97 Å². The van der Waals surface area contributed by atoms with Crippen LogP contribution in [-0.4, -0.2) is 123 Å². The predicted molar refractivity (Wildman–Crippen MR) is 252 cm³/mol. The van der Waals surface area contributed by atoms with Crippen LogP contribution < -0.4 is 37.7 Å². The summed E-state index contributed by atoms with van der Waals surface area (Å²) in [7, 11) is 1.36. The molecule has 2 heterocycles. The minimum absolute atomic E-state index is 0.00266. The van der Waals surface area contributed by atoms with Gasteiger partial charge in [-0.3, -0.25) is 19.2 Å². The van der Waals surface area contributed by atoms with E-state index in [9.17, 15) is 44.4 Å². The molecule has 1 aliphatic heterocycles. The van der Waals surface area contributed by atoms with Crippen LogP contribution in [0.3, 0.4) is 0 Å². The van der Waals surface area contributed by atoms with Gasteiger partial charge < -0.3 is 63.1 Å². The normalized spacial score (nSPS) is 19.2. The molecule has 0 unspecified atom stereocenters. The number of anilines is 1. The first kappa shape index (κ1) is 50.9. The van der Waals surface area contributed by atoms with Gasteiger partial charge in [0.2, 0.25) is 11.8 Å². The number of amides is 2. The number of ether oxygens (including phenoxy) is 2. The highest BCUT2D eigenvalue weighted by atomic mass is 16.5. The quantitative estimate of drug-likeness (QED) is 0.0646. The van der Waals surface area contributed by atoms with Crippen LogP contribution in [0.15, 0.2) is 54.6 Å². The zero-order chi connectivity index (χ0) is 49.6. The average molecular weight is 939 g/mol. The second-order valence-electron chi connectivity index (χ2n) is 18.1. The molecule has 19 nitrogen and oxygen atoms in total. The fraction of sp³-hybridized carbons (Fsp3) is 0.449. The van der Waals surface area contributed by atoms with Crippen molar-refractivity contribution in [2.45, 2.75) is 89.0 Å². The van der Waals surface area contributed by atoms with Gasteiger partial charge in [0.25, 0.3) is 0 Å². The number of aliphatic carboxylic acids is 1. The van der Waals surface area contributed by atoms with E-state index in [1.54, 1.807) is 13.0 Å². The number of nitrogen functional groups attached to an aromatic ring is 1. The van der Waals surface area contributed by atoms with Crippen molar-refractivity contribution >= 4 is 35.2 Å². The zero-order valence-electron chi connectivity index (χ0n) is 38.7. The number of nitrogens with one attached hydrogen (secondary N) is 1. The maximum atomic E-state index is 14.8. The molecule has 6 rings (SSSR count). The van der Waals surface area contributed by atoms with Crippen LogP contribution in [0, 0.1) is 18.8 Å². The molecule has 13 N–H and O–H groups in total. The number of rotatable bonds is 18. The van der Waals surface area contributed by atoms with E-state index in [0.717, 1.165) is 17.7 Å². The number of carbonyl (C=O) groups excluding carboxylic acids is 4. The molecule has 0 saturated heterocycles. The van der Waals surface area contributed by atoms with Crippen LogP contribution >= 0.6 is 0 Å². The van der Waals surface area contributed by atoms with E-state index in [1.165, 1.54) is 43.8 Å². The van der Waals surface area contributed by atoms with Crippen LogP contribution in [0.1, 0.15) is 84.7 Å². The Morgan fingerprint density at radius 2 is 1.56 bits per heavy atom. The molecule has 1 aromatic heterocycles. The number of aliphatic hydroxyl groups is 2. The summed E-state index contributed by atoms with van der Waals surface area (Å²) < 4.78 is 11.9. The molecule has 3 aromatic carbocycles. The van der Waals surface area contributed by atoms with E-state index in [1.807, 2.05) is 24.3 Å². The summed E-state index contributed by atoms with van der Waals surface area (Å²) in [6.45, 7) is 4.23. The first-order valence-electron chi connectivity index (χ1n) is 22.6. The largest absolute Gasteiger partial charge is 0.504 e. The molecule has 19 heteroatoms. The van der Waals surface area contributed by atoms with E-state index in [-0.39, 0.29) is 84.1 Å². The number of aryl methyl sites for hydroxylation is 1. The lowest BCUT2D eigenvalue weighted by atomic mass is 9.88. The van der Waals surface area contributed by atoms with Crippen molar-refractivity contribution < 1.29 is 53.9 Å². The van der Waals surface area contributed by atoms with E-state index in [2.05, 4.69) is 22.2 Å². The predicted octanol–water partition coefficient (Wildman–Crippen LogP) is 2.31. The number of phenolic OH excluding ortho intramolecular Hbond substituents is 1. The van der Waals surface area contributed by atoms with Gasteiger partial charge in [0.1, 0.15) is 49.1 Å². The van der Waals surface area contributed by atoms with Crippen molar-refractivity contribution in [2.75, 3.05) is 45.6 Å². The van der Waals surface area contributed by atoms with Crippen molar-refractivity contribution in [3.8, 4) is 39.8 Å². The van der Waals surface area contributed by atoms with Crippen molar-refractivity contribution in [1.82, 2.24) is 20.2 Å². The topological polar surface area (TPSA) is 330 Å². The lowest BCUT2D eigenvalue weighted by molar-refractivity contribution is -0.144. The number of carbonyl (C=O) groups is 5. The van der Waals surface area contributed by atoms with Crippen LogP contribution in [0.5, 0.6) is 17.2 Å². The fourth-order valence-corrected chi connectivity index (χ4v) is 8.35. The van der Waals surface area contributed by atoms with E-state index < -0.39 is 90.7 Å². The van der Waals surface area contributed by atoms with Gasteiger partial charge in [-0.15, -0.1) is 0 Å². The number of carboxylic acids is 1. The summed E-state index contributed by atoms with van der Waals surface area (Å²) in [5.74, 6) is -6.55. The van der Waals surface area contributed by atoms with Crippen LogP contribution in [0.2, 0.25) is 0 Å². The number of fused-ring (bicyclic) bond motifs is 5. The molecule has 2 aliphatic rings. The molecular weight excluding hydrogens is 877 g/mol. The van der Waals surface area contributed by atoms with Crippen molar-refractivity contribution in [2.24, 2.45) is 29.0 Å². The number of aromatic nitrogens is 2. The SMILES string of the molecule is Cc1nc(-c2ccc(C3(C)CC3)cc2)nc(N)c1C(=O)C[C@@H](CCN)C(=O)N(C)[C@@H]1C(=O)C[C@@H](C)C(=O)N[C@H](C(=O)O)Cc2ccc(OC[C@H](O)CN)c(c2)-c2cc1cc(OC[C@H](O)CN)c2O. The number of aliphatic hydroxyl groups excluding tert-OH is 2. The average Bonchev–Trinajstić information content (AvgIpc) is 4.07. The van der Waals surface area contributed by atoms with Gasteiger partial charge in [-0.1, -0.05) is 44.2 Å². The van der Waals surface area contributed by atoms with Gasteiger partial charge in [-0.05, 0) is 79.1 Å². The molecule has 1 fully saturated rings. The van der Waals surface area contributed by atoms with Crippen LogP contribution in [-0.2, 0) is 31.0 Å². The highest BCUT2D eigenvalue weighted by Crippen LogP contribution is 2.48. The first-order valence-corrected chi connectivity index (χ1v) is 22.6. The molecule has 2 amide bonds. The third-order valence-electron chi connectivity index (χ3n) is 12.7. The molecule has 1 aliphatic carbocycles. The second kappa shape index (κ2) is 21.6. The molecule has 4 bridgehead atoms. The van der Waals surface area contributed by atoms with Gasteiger partial charge in [0.05, 0.1) is 11.3 Å². The maximum absolute atomic E-state index is 14.8. The first-order chi connectivity index (χ1) is 32.3. The molecular formula is C49H62N8O11. The Bertz CT molecular complexity index is 2510. The summed E-state index contributed by atoms with van der Waals surface area (Å²) in [5, 5.41) is 45.3. The lowest BCUT2D eigenvalue weighted by Gasteiger charge is -2.32. The van der Waals surface area contributed by atoms with Gasteiger partial charge in [0, 0.05) is 67.9 Å². The van der Waals surface area contributed by atoms with Crippen molar-refractivity contribution in [1.29, 1.82) is 0 Å². The Balaban J connectivity index is 1.42. The number of hydrogen-bond acceptors (Lipinski definition) is 16. The number of nitrogens with zero attached hydrogens (tertiary/aromatic N) is 3. The van der Waals surface area contributed by atoms with E-state index in [4.69, 9.17) is 32.4 Å². The molecule has 6 atom stereocenters. The molecule has 0 radical (unpaired) electrons. The monoisotopic (exact) mass is 938 g/mol. The van der Waals surface area contributed by atoms with E-state index in [0.29, 0.717) is 22.6 Å². The fourth-order valence-electron chi connectivity index (χ4n) is 8.35. The highest BCUT2D eigenvalue weighted by Gasteiger charge is 2.39. The lowest BCUT2D eigenvalue weighted by Crippen LogP contribution is -2.45. The Morgan fingerprint density at radius 3 is 2.15 bits per heavy atom. The third-order valence-corrected chi connectivity index (χ3v) is 12.7. The van der Waals surface area contributed by atoms with Gasteiger partial charge in [-0.2, -0.15) is 0 Å². The van der Waals surface area contributed by atoms with Crippen LogP contribution in [0.25, 0.3) is 22.5 Å². The summed E-state index contributed by atoms with van der Waals surface area (Å²) in [5.41, 5.74) is 26.8. The Labute approximate surface area is 394 Å². The Hall–Kier alpha value is -6.51. The van der Waals surface area contributed by atoms with E-state index >= 15 is 0 Å². The maximum Gasteiger partial charge on any atom is 0.326 e. The summed E-state index contributed by atoms with van der Waals surface area (Å²) in [6, 6.07) is 12.2. The highest BCUT2D eigenvalue weighted by molar-refractivity contribution is 6.03. The minimum atomic E-state index is -1.53. The Kier molecular flexibility index (Phi) is 16.2. The third kappa shape index (κ3) is 11.6. The number of hydrogen-bond donors (Lipinski definition) is 9.